The van der Waals surface area contributed by atoms with E-state index < -0.39 is 0 Å². The van der Waals surface area contributed by atoms with E-state index >= 15 is 0 Å². The van der Waals surface area contributed by atoms with Gasteiger partial charge in [0.25, 0.3) is 5.91 Å². The van der Waals surface area contributed by atoms with Crippen LogP contribution in [0.3, 0.4) is 0 Å². The molecule has 1 aromatic carbocycles. The van der Waals surface area contributed by atoms with E-state index in [1.165, 1.54) is 0 Å². The average Bonchev–Trinajstić information content (AvgIpc) is 3.04. The Balaban J connectivity index is 1.63. The molecule has 26 heavy (non-hydrogen) atoms. The fourth-order valence-electron chi connectivity index (χ4n) is 2.49. The molecular formula is C19H19ClN4O2. The highest BCUT2D eigenvalue weighted by Crippen LogP contribution is 2.21. The summed E-state index contributed by atoms with van der Waals surface area (Å²) >= 11 is 6.00. The highest BCUT2D eigenvalue weighted by molar-refractivity contribution is 6.31. The normalized spacial score (nSPS) is 10.6. The van der Waals surface area contributed by atoms with Gasteiger partial charge in [0.05, 0.1) is 0 Å². The van der Waals surface area contributed by atoms with Crippen molar-refractivity contribution in [3.05, 3.63) is 70.1 Å². The van der Waals surface area contributed by atoms with Crippen molar-refractivity contribution in [2.75, 3.05) is 5.32 Å². The molecule has 0 aliphatic carbocycles. The van der Waals surface area contributed by atoms with Crippen molar-refractivity contribution in [2.45, 2.75) is 27.5 Å². The van der Waals surface area contributed by atoms with Crippen LogP contribution in [0.5, 0.6) is 5.75 Å². The molecule has 7 heteroatoms. The molecule has 134 valence electrons. The lowest BCUT2D eigenvalue weighted by Gasteiger charge is -2.08. The predicted molar refractivity (Wildman–Crippen MR) is 101 cm³/mol. The number of ether oxygens (including phenoxy) is 1. The van der Waals surface area contributed by atoms with E-state index in [1.807, 2.05) is 39.0 Å². The van der Waals surface area contributed by atoms with Gasteiger partial charge in [0.1, 0.15) is 11.6 Å². The molecule has 0 bridgehead atoms. The van der Waals surface area contributed by atoms with Gasteiger partial charge in [-0.15, -0.1) is 0 Å². The monoisotopic (exact) mass is 370 g/mol. The number of amides is 1. The van der Waals surface area contributed by atoms with E-state index in [0.29, 0.717) is 22.3 Å². The highest BCUT2D eigenvalue weighted by atomic mass is 35.5. The molecule has 0 saturated heterocycles. The van der Waals surface area contributed by atoms with Crippen LogP contribution in [0, 0.1) is 20.8 Å². The van der Waals surface area contributed by atoms with Gasteiger partial charge in [0.15, 0.2) is 12.4 Å². The molecule has 0 saturated carbocycles. The summed E-state index contributed by atoms with van der Waals surface area (Å²) in [5.41, 5.74) is 3.11. The Morgan fingerprint density at radius 1 is 1.19 bits per heavy atom. The molecule has 3 rings (SSSR count). The SMILES string of the molecule is Cc1cc(C)nc(NC(=O)c2ccn(COc3ccc(Cl)c(C)c3)n2)c1. The summed E-state index contributed by atoms with van der Waals surface area (Å²) in [7, 11) is 0. The molecule has 1 amide bonds. The summed E-state index contributed by atoms with van der Waals surface area (Å²) in [5.74, 6) is 0.881. The molecule has 0 radical (unpaired) electrons. The van der Waals surface area contributed by atoms with Crippen LogP contribution in [-0.2, 0) is 6.73 Å². The number of aromatic nitrogens is 3. The Bertz CT molecular complexity index is 932. The predicted octanol–water partition coefficient (Wildman–Crippen LogP) is 4.15. The quantitative estimate of drug-likeness (QED) is 0.732. The van der Waals surface area contributed by atoms with Crippen molar-refractivity contribution in [3.8, 4) is 5.75 Å². The number of pyridine rings is 1. The second kappa shape index (κ2) is 7.58. The fourth-order valence-corrected chi connectivity index (χ4v) is 2.61. The number of anilines is 1. The third kappa shape index (κ3) is 4.40. The molecular weight excluding hydrogens is 352 g/mol. The zero-order valence-corrected chi connectivity index (χ0v) is 15.5. The van der Waals surface area contributed by atoms with E-state index in [9.17, 15) is 4.79 Å². The van der Waals surface area contributed by atoms with Crippen molar-refractivity contribution < 1.29 is 9.53 Å². The number of aryl methyl sites for hydroxylation is 3. The fraction of sp³-hybridized carbons (Fsp3) is 0.211. The van der Waals surface area contributed by atoms with Gasteiger partial charge in [-0.3, -0.25) is 4.79 Å². The van der Waals surface area contributed by atoms with Gasteiger partial charge >= 0.3 is 0 Å². The minimum Gasteiger partial charge on any atom is -0.471 e. The number of benzene rings is 1. The number of carbonyl (C=O) groups is 1. The average molecular weight is 371 g/mol. The summed E-state index contributed by atoms with van der Waals surface area (Å²) in [5, 5.41) is 7.68. The van der Waals surface area contributed by atoms with Gasteiger partial charge in [-0.25, -0.2) is 9.67 Å². The lowest BCUT2D eigenvalue weighted by Crippen LogP contribution is -2.15. The zero-order valence-electron chi connectivity index (χ0n) is 14.8. The first-order chi connectivity index (χ1) is 12.4. The third-order valence-electron chi connectivity index (χ3n) is 3.71. The Hall–Kier alpha value is -2.86. The summed E-state index contributed by atoms with van der Waals surface area (Å²) in [6, 6.07) is 10.8. The van der Waals surface area contributed by atoms with Gasteiger partial charge in [0.2, 0.25) is 0 Å². The smallest absolute Gasteiger partial charge is 0.277 e. The van der Waals surface area contributed by atoms with Crippen LogP contribution < -0.4 is 10.1 Å². The van der Waals surface area contributed by atoms with Crippen molar-refractivity contribution in [2.24, 2.45) is 0 Å². The highest BCUT2D eigenvalue weighted by Gasteiger charge is 2.11. The minimum atomic E-state index is -0.316. The number of nitrogens with zero attached hydrogens (tertiary/aromatic N) is 3. The minimum absolute atomic E-state index is 0.191. The van der Waals surface area contributed by atoms with E-state index in [2.05, 4.69) is 15.4 Å². The lowest BCUT2D eigenvalue weighted by molar-refractivity contribution is 0.102. The van der Waals surface area contributed by atoms with E-state index in [-0.39, 0.29) is 12.6 Å². The molecule has 1 N–H and O–H groups in total. The standard InChI is InChI=1S/C19H19ClN4O2/c1-12-8-14(3)21-18(9-12)22-19(25)17-6-7-24(23-17)11-26-15-4-5-16(20)13(2)10-15/h4-10H,11H2,1-3H3,(H,21,22,25). The lowest BCUT2D eigenvalue weighted by atomic mass is 10.2. The number of carbonyl (C=O) groups excluding carboxylic acids is 1. The van der Waals surface area contributed by atoms with Crippen molar-refractivity contribution >= 4 is 23.3 Å². The van der Waals surface area contributed by atoms with Gasteiger partial charge in [-0.05, 0) is 68.3 Å². The first-order valence-corrected chi connectivity index (χ1v) is 8.47. The summed E-state index contributed by atoms with van der Waals surface area (Å²) in [6.07, 6.45) is 1.69. The van der Waals surface area contributed by atoms with Crippen LogP contribution in [0.2, 0.25) is 5.02 Å². The number of hydrogen-bond donors (Lipinski definition) is 1. The van der Waals surface area contributed by atoms with Gasteiger partial charge in [-0.2, -0.15) is 5.10 Å². The van der Waals surface area contributed by atoms with E-state index in [4.69, 9.17) is 16.3 Å². The number of halogens is 1. The Morgan fingerprint density at radius 3 is 2.73 bits per heavy atom. The number of rotatable bonds is 5. The maximum atomic E-state index is 12.3. The van der Waals surface area contributed by atoms with E-state index in [1.54, 1.807) is 29.1 Å². The Labute approximate surface area is 156 Å². The topological polar surface area (TPSA) is 69.0 Å². The first-order valence-electron chi connectivity index (χ1n) is 8.10. The zero-order chi connectivity index (χ0) is 18.7. The molecule has 0 spiro atoms. The van der Waals surface area contributed by atoms with Crippen LogP contribution in [-0.4, -0.2) is 20.7 Å². The Morgan fingerprint density at radius 2 is 2.00 bits per heavy atom. The van der Waals surface area contributed by atoms with Crippen LogP contribution in [0.25, 0.3) is 0 Å². The van der Waals surface area contributed by atoms with E-state index in [0.717, 1.165) is 16.8 Å². The molecule has 0 unspecified atom stereocenters. The summed E-state index contributed by atoms with van der Waals surface area (Å²) in [6.45, 7) is 5.94. The van der Waals surface area contributed by atoms with Crippen molar-refractivity contribution in [1.29, 1.82) is 0 Å². The molecule has 2 aromatic heterocycles. The first kappa shape index (κ1) is 17.9. The maximum absolute atomic E-state index is 12.3. The number of hydrogen-bond acceptors (Lipinski definition) is 4. The summed E-state index contributed by atoms with van der Waals surface area (Å²) in [4.78, 5) is 16.6. The molecule has 0 atom stereocenters. The molecule has 2 heterocycles. The van der Waals surface area contributed by atoms with Gasteiger partial charge in [0, 0.05) is 16.9 Å². The van der Waals surface area contributed by atoms with Gasteiger partial charge < -0.3 is 10.1 Å². The molecule has 6 nitrogen and oxygen atoms in total. The second-order valence-electron chi connectivity index (χ2n) is 6.05. The molecule has 0 fully saturated rings. The second-order valence-corrected chi connectivity index (χ2v) is 6.46. The third-order valence-corrected chi connectivity index (χ3v) is 4.13. The van der Waals surface area contributed by atoms with Crippen LogP contribution in [0.4, 0.5) is 5.82 Å². The Kier molecular flexibility index (Phi) is 5.23. The largest absolute Gasteiger partial charge is 0.471 e. The van der Waals surface area contributed by atoms with Crippen molar-refractivity contribution in [3.63, 3.8) is 0 Å². The van der Waals surface area contributed by atoms with Crippen LogP contribution in [0.15, 0.2) is 42.6 Å². The maximum Gasteiger partial charge on any atom is 0.277 e. The molecule has 0 aliphatic rings. The summed E-state index contributed by atoms with van der Waals surface area (Å²) < 4.78 is 7.22. The molecule has 0 aliphatic heterocycles. The van der Waals surface area contributed by atoms with Crippen LogP contribution >= 0.6 is 11.6 Å². The van der Waals surface area contributed by atoms with Crippen molar-refractivity contribution in [1.82, 2.24) is 14.8 Å². The van der Waals surface area contributed by atoms with Gasteiger partial charge in [-0.1, -0.05) is 11.6 Å². The number of nitrogens with one attached hydrogen (secondary N) is 1. The molecule has 3 aromatic rings. The van der Waals surface area contributed by atoms with Crippen LogP contribution in [0.1, 0.15) is 27.3 Å².